The Kier molecular flexibility index (Phi) is 3.27. The first kappa shape index (κ1) is 12.9. The predicted octanol–water partition coefficient (Wildman–Crippen LogP) is 3.67. The van der Waals surface area contributed by atoms with E-state index in [0.717, 1.165) is 10.9 Å². The third-order valence-corrected chi connectivity index (χ3v) is 3.37. The zero-order chi connectivity index (χ0) is 14.1. The van der Waals surface area contributed by atoms with E-state index in [0.29, 0.717) is 22.4 Å². The van der Waals surface area contributed by atoms with Gasteiger partial charge in [-0.1, -0.05) is 6.07 Å². The molecule has 7 heteroatoms. The molecular weight excluding hydrogens is 279 g/mol. The summed E-state index contributed by atoms with van der Waals surface area (Å²) in [5.41, 5.74) is 1.47. The molecule has 5 nitrogen and oxygen atoms in total. The maximum Gasteiger partial charge on any atom is 0.231 e. The van der Waals surface area contributed by atoms with Gasteiger partial charge in [0.15, 0.2) is 0 Å². The highest BCUT2D eigenvalue weighted by Crippen LogP contribution is 2.31. The molecule has 3 aromatic heterocycles. The van der Waals surface area contributed by atoms with E-state index in [9.17, 15) is 3.89 Å². The van der Waals surface area contributed by atoms with E-state index in [2.05, 4.69) is 15.0 Å². The topological polar surface area (TPSA) is 55.1 Å². The molecule has 102 valence electrons. The van der Waals surface area contributed by atoms with Gasteiger partial charge in [-0.05, 0) is 19.1 Å². The fraction of sp³-hybridized carbons (Fsp3) is 0.154. The summed E-state index contributed by atoms with van der Waals surface area (Å²) in [6.07, 6.45) is 3.07. The number of fused-ring (bicyclic) bond motifs is 1. The van der Waals surface area contributed by atoms with E-state index in [1.54, 1.807) is 29.4 Å². The van der Waals surface area contributed by atoms with Crippen molar-refractivity contribution in [2.75, 3.05) is 11.9 Å². The summed E-state index contributed by atoms with van der Waals surface area (Å²) in [6.45, 7) is 1.92. The van der Waals surface area contributed by atoms with Crippen LogP contribution in [0.25, 0.3) is 11.1 Å². The summed E-state index contributed by atoms with van der Waals surface area (Å²) in [5, 5.41) is 1.14. The van der Waals surface area contributed by atoms with Gasteiger partial charge in [-0.2, -0.15) is 3.89 Å². The molecule has 0 bridgehead atoms. The summed E-state index contributed by atoms with van der Waals surface area (Å²) in [6, 6.07) is 5.16. The van der Waals surface area contributed by atoms with Gasteiger partial charge >= 0.3 is 0 Å². The van der Waals surface area contributed by atoms with Gasteiger partial charge in [0.05, 0.1) is 11.6 Å². The lowest BCUT2D eigenvalue weighted by atomic mass is 10.2. The van der Waals surface area contributed by atoms with Crippen molar-refractivity contribution in [3.63, 3.8) is 0 Å². The Hall–Kier alpha value is -2.15. The van der Waals surface area contributed by atoms with Gasteiger partial charge in [-0.25, -0.2) is 15.0 Å². The van der Waals surface area contributed by atoms with Gasteiger partial charge in [0.2, 0.25) is 5.71 Å². The van der Waals surface area contributed by atoms with E-state index >= 15 is 0 Å². The van der Waals surface area contributed by atoms with Gasteiger partial charge in [0, 0.05) is 12.6 Å². The van der Waals surface area contributed by atoms with E-state index in [-0.39, 0.29) is 12.1 Å². The molecule has 0 spiro atoms. The van der Waals surface area contributed by atoms with Crippen LogP contribution in [-0.2, 0) is 0 Å². The molecule has 0 aliphatic rings. The van der Waals surface area contributed by atoms with Crippen molar-refractivity contribution in [1.29, 1.82) is 0 Å². The second-order valence-electron chi connectivity index (χ2n) is 4.27. The molecule has 0 aliphatic carbocycles. The number of hydrogen-bond acceptors (Lipinski definition) is 6. The Morgan fingerprint density at radius 1 is 1.30 bits per heavy atom. The van der Waals surface area contributed by atoms with Crippen molar-refractivity contribution in [2.45, 2.75) is 11.9 Å². The molecule has 0 aliphatic heterocycles. The van der Waals surface area contributed by atoms with Crippen LogP contribution in [0.1, 0.15) is 5.56 Å². The Morgan fingerprint density at radius 2 is 2.15 bits per heavy atom. The van der Waals surface area contributed by atoms with Crippen molar-refractivity contribution in [3.05, 3.63) is 36.4 Å². The first-order valence-electron chi connectivity index (χ1n) is 5.89. The van der Waals surface area contributed by atoms with E-state index in [1.165, 1.54) is 6.33 Å². The Morgan fingerprint density at radius 3 is 2.95 bits per heavy atom. The standard InChI is InChI=1S/C13H11FN4OS/c1-8-6-19-13-11(8)12(15-7-16-13)18(2)9-4-3-5-10(17-9)20-14/h3-7H,1-2H3. The molecule has 20 heavy (non-hydrogen) atoms. The molecule has 0 atom stereocenters. The normalized spacial score (nSPS) is 10.9. The van der Waals surface area contributed by atoms with Crippen LogP contribution >= 0.6 is 12.1 Å². The number of hydrogen-bond donors (Lipinski definition) is 0. The van der Waals surface area contributed by atoms with Crippen LogP contribution in [-0.4, -0.2) is 22.0 Å². The van der Waals surface area contributed by atoms with Crippen LogP contribution in [0.5, 0.6) is 0 Å². The molecule has 0 aromatic carbocycles. The number of aromatic nitrogens is 3. The van der Waals surface area contributed by atoms with Crippen LogP contribution in [0.3, 0.4) is 0 Å². The molecule has 3 rings (SSSR count). The van der Waals surface area contributed by atoms with Crippen LogP contribution in [0.4, 0.5) is 15.5 Å². The number of pyridine rings is 1. The third-order valence-electron chi connectivity index (χ3n) is 2.98. The van der Waals surface area contributed by atoms with Crippen molar-refractivity contribution < 1.29 is 8.30 Å². The van der Waals surface area contributed by atoms with Crippen LogP contribution in [0.15, 0.2) is 40.2 Å². The van der Waals surface area contributed by atoms with Crippen molar-refractivity contribution in [3.8, 4) is 0 Å². The summed E-state index contributed by atoms with van der Waals surface area (Å²) in [7, 11) is 1.82. The van der Waals surface area contributed by atoms with Crippen LogP contribution < -0.4 is 4.90 Å². The zero-order valence-corrected chi connectivity index (χ0v) is 11.7. The molecular formula is C13H11FN4OS. The number of rotatable bonds is 3. The number of aryl methyl sites for hydroxylation is 1. The molecule has 0 fully saturated rings. The van der Waals surface area contributed by atoms with Crippen LogP contribution in [0.2, 0.25) is 0 Å². The van der Waals surface area contributed by atoms with Gasteiger partial charge < -0.3 is 9.32 Å². The molecule has 3 aromatic rings. The van der Waals surface area contributed by atoms with Crippen molar-refractivity contribution in [1.82, 2.24) is 15.0 Å². The minimum absolute atomic E-state index is 0.115. The fourth-order valence-electron chi connectivity index (χ4n) is 1.99. The lowest BCUT2D eigenvalue weighted by Gasteiger charge is -2.18. The number of halogens is 1. The van der Waals surface area contributed by atoms with E-state index in [4.69, 9.17) is 4.42 Å². The first-order chi connectivity index (χ1) is 9.70. The van der Waals surface area contributed by atoms with Gasteiger partial charge in [0.25, 0.3) is 0 Å². The SMILES string of the molecule is Cc1coc2ncnc(N(C)c3cccc(SF)n3)c12. The smallest absolute Gasteiger partial charge is 0.231 e. The maximum absolute atomic E-state index is 12.6. The Balaban J connectivity index is 2.12. The largest absolute Gasteiger partial charge is 0.446 e. The highest BCUT2D eigenvalue weighted by Gasteiger charge is 2.16. The summed E-state index contributed by atoms with van der Waals surface area (Å²) < 4.78 is 18.0. The average molecular weight is 290 g/mol. The fourth-order valence-corrected chi connectivity index (χ4v) is 2.25. The van der Waals surface area contributed by atoms with Gasteiger partial charge in [0.1, 0.15) is 35.1 Å². The molecule has 0 unspecified atom stereocenters. The quantitative estimate of drug-likeness (QED) is 0.733. The third kappa shape index (κ3) is 2.09. The average Bonchev–Trinajstić information content (AvgIpc) is 2.88. The zero-order valence-electron chi connectivity index (χ0n) is 10.9. The molecule has 0 amide bonds. The highest BCUT2D eigenvalue weighted by atomic mass is 32.2. The minimum Gasteiger partial charge on any atom is -0.446 e. The van der Waals surface area contributed by atoms with Gasteiger partial charge in [-0.15, -0.1) is 0 Å². The Bertz CT molecular complexity index is 761. The lowest BCUT2D eigenvalue weighted by Crippen LogP contribution is -2.13. The highest BCUT2D eigenvalue weighted by molar-refractivity contribution is 7.94. The molecule has 0 radical (unpaired) electrons. The summed E-state index contributed by atoms with van der Waals surface area (Å²) in [4.78, 5) is 14.4. The van der Waals surface area contributed by atoms with E-state index < -0.39 is 0 Å². The Labute approximate surface area is 119 Å². The molecule has 3 heterocycles. The van der Waals surface area contributed by atoms with E-state index in [1.807, 2.05) is 14.0 Å². The summed E-state index contributed by atoms with van der Waals surface area (Å²) in [5.74, 6) is 1.28. The second kappa shape index (κ2) is 5.09. The molecule has 0 N–H and O–H groups in total. The second-order valence-corrected chi connectivity index (χ2v) is 4.84. The van der Waals surface area contributed by atoms with Gasteiger partial charge in [-0.3, -0.25) is 0 Å². The minimum atomic E-state index is 0.115. The van der Waals surface area contributed by atoms with Crippen molar-refractivity contribution >= 4 is 34.9 Å². The maximum atomic E-state index is 12.6. The molecule has 0 saturated heterocycles. The van der Waals surface area contributed by atoms with Crippen LogP contribution in [0, 0.1) is 6.92 Å². The number of furan rings is 1. The monoisotopic (exact) mass is 290 g/mol. The summed E-state index contributed by atoms with van der Waals surface area (Å²) >= 11 is 0.115. The van der Waals surface area contributed by atoms with Crippen molar-refractivity contribution in [2.24, 2.45) is 0 Å². The lowest BCUT2D eigenvalue weighted by molar-refractivity contribution is 0.600. The number of anilines is 2. The number of nitrogens with zero attached hydrogens (tertiary/aromatic N) is 4. The molecule has 0 saturated carbocycles. The first-order valence-corrected chi connectivity index (χ1v) is 6.60. The predicted molar refractivity (Wildman–Crippen MR) is 75.8 cm³/mol.